The lowest BCUT2D eigenvalue weighted by atomic mass is 10.1. The first-order valence-corrected chi connectivity index (χ1v) is 6.47. The van der Waals surface area contributed by atoms with Crippen molar-refractivity contribution in [2.45, 2.75) is 45.4 Å². The Morgan fingerprint density at radius 3 is 2.37 bits per heavy atom. The van der Waals surface area contributed by atoms with Gasteiger partial charge in [-0.1, -0.05) is 30.3 Å². The van der Waals surface area contributed by atoms with Gasteiger partial charge in [-0.15, -0.1) is 0 Å². The minimum Gasteiger partial charge on any atom is -0.394 e. The van der Waals surface area contributed by atoms with E-state index in [9.17, 15) is 4.79 Å². The molecular formula is C15H23NO3. The van der Waals surface area contributed by atoms with E-state index in [-0.39, 0.29) is 18.6 Å². The van der Waals surface area contributed by atoms with E-state index in [4.69, 9.17) is 9.84 Å². The van der Waals surface area contributed by atoms with Crippen molar-refractivity contribution in [2.75, 3.05) is 6.61 Å². The second kappa shape index (κ2) is 6.68. The molecule has 2 atom stereocenters. The van der Waals surface area contributed by atoms with Crippen LogP contribution in [0.15, 0.2) is 30.3 Å². The molecule has 0 saturated heterocycles. The third-order valence-corrected chi connectivity index (χ3v) is 2.47. The molecule has 0 aliphatic carbocycles. The third kappa shape index (κ3) is 5.41. The minimum atomic E-state index is -0.671. The summed E-state index contributed by atoms with van der Waals surface area (Å²) in [4.78, 5) is 12.2. The topological polar surface area (TPSA) is 58.6 Å². The summed E-state index contributed by atoms with van der Waals surface area (Å²) in [7, 11) is 0. The van der Waals surface area contributed by atoms with Gasteiger partial charge in [0.05, 0.1) is 12.2 Å². The van der Waals surface area contributed by atoms with Gasteiger partial charge in [0.25, 0.3) is 5.91 Å². The van der Waals surface area contributed by atoms with Crippen LogP contribution >= 0.6 is 0 Å². The van der Waals surface area contributed by atoms with Crippen LogP contribution in [-0.4, -0.2) is 29.3 Å². The van der Waals surface area contributed by atoms with Crippen molar-refractivity contribution < 1.29 is 14.6 Å². The highest BCUT2D eigenvalue weighted by Crippen LogP contribution is 2.24. The molecule has 0 aliphatic heterocycles. The first-order valence-electron chi connectivity index (χ1n) is 6.47. The highest BCUT2D eigenvalue weighted by atomic mass is 16.5. The summed E-state index contributed by atoms with van der Waals surface area (Å²) in [6.45, 7) is 7.38. The summed E-state index contributed by atoms with van der Waals surface area (Å²) < 4.78 is 5.84. The molecule has 0 heterocycles. The van der Waals surface area contributed by atoms with Crippen molar-refractivity contribution in [3.8, 4) is 0 Å². The van der Waals surface area contributed by atoms with Crippen LogP contribution < -0.4 is 5.32 Å². The molecule has 0 aliphatic rings. The predicted molar refractivity (Wildman–Crippen MR) is 74.7 cm³/mol. The van der Waals surface area contributed by atoms with Crippen LogP contribution in [0.25, 0.3) is 0 Å². The van der Waals surface area contributed by atoms with Crippen molar-refractivity contribution in [2.24, 2.45) is 0 Å². The Morgan fingerprint density at radius 2 is 1.89 bits per heavy atom. The molecule has 0 radical (unpaired) electrons. The average Bonchev–Trinajstić information content (AvgIpc) is 2.35. The van der Waals surface area contributed by atoms with Crippen LogP contribution in [0, 0.1) is 0 Å². The zero-order valence-electron chi connectivity index (χ0n) is 12.0. The van der Waals surface area contributed by atoms with E-state index in [0.717, 1.165) is 5.56 Å². The quantitative estimate of drug-likeness (QED) is 0.856. The van der Waals surface area contributed by atoms with Crippen LogP contribution in [0.3, 0.4) is 0 Å². The molecule has 1 rings (SSSR count). The molecule has 0 aromatic heterocycles. The Labute approximate surface area is 114 Å². The molecule has 1 amide bonds. The number of hydrogen-bond donors (Lipinski definition) is 2. The van der Waals surface area contributed by atoms with Gasteiger partial charge in [0.2, 0.25) is 0 Å². The number of aliphatic hydroxyl groups excluding tert-OH is 1. The zero-order chi connectivity index (χ0) is 14.5. The molecule has 1 aromatic rings. The van der Waals surface area contributed by atoms with Gasteiger partial charge in [-0.2, -0.15) is 0 Å². The molecule has 4 heteroatoms. The molecule has 0 bridgehead atoms. The van der Waals surface area contributed by atoms with Crippen LogP contribution in [0.2, 0.25) is 0 Å². The van der Waals surface area contributed by atoms with E-state index in [2.05, 4.69) is 5.32 Å². The summed E-state index contributed by atoms with van der Waals surface area (Å²) in [6.07, 6.45) is -0.671. The van der Waals surface area contributed by atoms with Crippen LogP contribution in [0.5, 0.6) is 0 Å². The molecule has 1 aromatic carbocycles. The molecule has 0 fully saturated rings. The number of rotatable bonds is 5. The first-order chi connectivity index (χ1) is 8.83. The Balaban J connectivity index is 2.90. The molecular weight excluding hydrogens is 242 g/mol. The standard InChI is InChI=1S/C15H23NO3/c1-11(10-17)16-14(18)13(19-15(2,3)4)12-8-6-5-7-9-12/h5-9,11,13,17H,10H2,1-4H3,(H,16,18)/t11-,13+/m0/s1. The van der Waals surface area contributed by atoms with Crippen molar-refractivity contribution in [3.05, 3.63) is 35.9 Å². The molecule has 0 unspecified atom stereocenters. The lowest BCUT2D eigenvalue weighted by molar-refractivity contribution is -0.144. The van der Waals surface area contributed by atoms with Crippen molar-refractivity contribution >= 4 is 5.91 Å². The van der Waals surface area contributed by atoms with Gasteiger partial charge in [-0.25, -0.2) is 0 Å². The van der Waals surface area contributed by atoms with Crippen LogP contribution in [-0.2, 0) is 9.53 Å². The van der Waals surface area contributed by atoms with Gasteiger partial charge in [-0.05, 0) is 33.3 Å². The van der Waals surface area contributed by atoms with Crippen LogP contribution in [0.4, 0.5) is 0 Å². The number of benzene rings is 1. The molecule has 0 saturated carbocycles. The number of ether oxygens (including phenoxy) is 1. The predicted octanol–water partition coefficient (Wildman–Crippen LogP) is 2.04. The summed E-state index contributed by atoms with van der Waals surface area (Å²) in [5, 5.41) is 11.7. The molecule has 0 spiro atoms. The average molecular weight is 265 g/mol. The lowest BCUT2D eigenvalue weighted by Gasteiger charge is -2.28. The molecule has 19 heavy (non-hydrogen) atoms. The normalized spacial score (nSPS) is 14.8. The maximum atomic E-state index is 12.2. The van der Waals surface area contributed by atoms with Gasteiger partial charge >= 0.3 is 0 Å². The van der Waals surface area contributed by atoms with Gasteiger partial charge in [0.1, 0.15) is 0 Å². The number of carbonyl (C=O) groups excluding carboxylic acids is 1. The Morgan fingerprint density at radius 1 is 1.32 bits per heavy atom. The lowest BCUT2D eigenvalue weighted by Crippen LogP contribution is -2.41. The first kappa shape index (κ1) is 15.7. The van der Waals surface area contributed by atoms with Crippen molar-refractivity contribution in [3.63, 3.8) is 0 Å². The smallest absolute Gasteiger partial charge is 0.254 e. The number of nitrogens with one attached hydrogen (secondary N) is 1. The second-order valence-electron chi connectivity index (χ2n) is 5.61. The fraction of sp³-hybridized carbons (Fsp3) is 0.533. The zero-order valence-corrected chi connectivity index (χ0v) is 12.0. The van der Waals surface area contributed by atoms with E-state index in [1.165, 1.54) is 0 Å². The van der Waals surface area contributed by atoms with Crippen molar-refractivity contribution in [1.29, 1.82) is 0 Å². The Bertz CT molecular complexity index is 398. The number of hydrogen-bond acceptors (Lipinski definition) is 3. The highest BCUT2D eigenvalue weighted by molar-refractivity contribution is 5.82. The summed E-state index contributed by atoms with van der Waals surface area (Å²) >= 11 is 0. The summed E-state index contributed by atoms with van der Waals surface area (Å²) in [5.74, 6) is -0.234. The Hall–Kier alpha value is -1.39. The maximum absolute atomic E-state index is 12.2. The summed E-state index contributed by atoms with van der Waals surface area (Å²) in [5.41, 5.74) is 0.375. The maximum Gasteiger partial charge on any atom is 0.254 e. The van der Waals surface area contributed by atoms with E-state index in [1.807, 2.05) is 51.1 Å². The monoisotopic (exact) mass is 265 g/mol. The highest BCUT2D eigenvalue weighted by Gasteiger charge is 2.27. The number of carbonyl (C=O) groups is 1. The van der Waals surface area contributed by atoms with Gasteiger partial charge in [-0.3, -0.25) is 4.79 Å². The van der Waals surface area contributed by atoms with Crippen LogP contribution in [0.1, 0.15) is 39.4 Å². The van der Waals surface area contributed by atoms with E-state index >= 15 is 0 Å². The largest absolute Gasteiger partial charge is 0.394 e. The van der Waals surface area contributed by atoms with Gasteiger partial charge < -0.3 is 15.2 Å². The van der Waals surface area contributed by atoms with Crippen molar-refractivity contribution in [1.82, 2.24) is 5.32 Å². The fourth-order valence-corrected chi connectivity index (χ4v) is 1.62. The second-order valence-corrected chi connectivity index (χ2v) is 5.61. The van der Waals surface area contributed by atoms with E-state index < -0.39 is 11.7 Å². The molecule has 4 nitrogen and oxygen atoms in total. The SMILES string of the molecule is C[C@@H](CO)NC(=O)[C@H](OC(C)(C)C)c1ccccc1. The van der Waals surface area contributed by atoms with E-state index in [0.29, 0.717) is 0 Å². The van der Waals surface area contributed by atoms with Gasteiger partial charge in [0.15, 0.2) is 6.10 Å². The minimum absolute atomic E-state index is 0.0945. The molecule has 106 valence electrons. The summed E-state index contributed by atoms with van der Waals surface area (Å²) in [6, 6.07) is 9.07. The third-order valence-electron chi connectivity index (χ3n) is 2.47. The van der Waals surface area contributed by atoms with E-state index in [1.54, 1.807) is 6.92 Å². The van der Waals surface area contributed by atoms with Gasteiger partial charge in [0, 0.05) is 6.04 Å². The number of aliphatic hydroxyl groups is 1. The molecule has 2 N–H and O–H groups in total. The Kier molecular flexibility index (Phi) is 5.51. The number of amides is 1. The fourth-order valence-electron chi connectivity index (χ4n) is 1.62.